The molecular formula is C11H16N2O2. The second-order valence-corrected chi connectivity index (χ2v) is 4.82. The molecule has 4 heteroatoms. The number of hydrogen-bond acceptors (Lipinski definition) is 2. The van der Waals surface area contributed by atoms with E-state index in [1.807, 2.05) is 4.90 Å². The van der Waals surface area contributed by atoms with E-state index in [2.05, 4.69) is 0 Å². The smallest absolute Gasteiger partial charge is 0.321 e. The molecule has 1 saturated carbocycles. The highest BCUT2D eigenvalue weighted by Crippen LogP contribution is 2.33. The molecule has 0 spiro atoms. The number of urea groups is 1. The number of rotatable bonds is 1. The Hall–Kier alpha value is -1.06. The molecule has 0 bridgehead atoms. The largest absolute Gasteiger partial charge is 0.327 e. The van der Waals surface area contributed by atoms with Gasteiger partial charge in [0.15, 0.2) is 0 Å². The molecule has 1 atom stereocenters. The summed E-state index contributed by atoms with van der Waals surface area (Å²) in [5.41, 5.74) is 0. The highest BCUT2D eigenvalue weighted by atomic mass is 16.2. The lowest BCUT2D eigenvalue weighted by atomic mass is 9.90. The second-order valence-electron chi connectivity index (χ2n) is 4.82. The molecule has 82 valence electrons. The van der Waals surface area contributed by atoms with Gasteiger partial charge in [0.2, 0.25) is 5.91 Å². The van der Waals surface area contributed by atoms with Gasteiger partial charge in [0, 0.05) is 25.0 Å². The zero-order valence-corrected chi connectivity index (χ0v) is 8.82. The van der Waals surface area contributed by atoms with Crippen LogP contribution in [0.1, 0.15) is 38.5 Å². The standard InChI is InChI=1S/C11H16N2O2/c14-10-7-9-5-2-6-12(9)11(15)13(10)8-3-1-4-8/h8-9H,1-7H2. The molecule has 0 aromatic heterocycles. The van der Waals surface area contributed by atoms with Gasteiger partial charge in [0.05, 0.1) is 0 Å². The van der Waals surface area contributed by atoms with Crippen molar-refractivity contribution in [2.24, 2.45) is 0 Å². The summed E-state index contributed by atoms with van der Waals surface area (Å²) < 4.78 is 0. The third kappa shape index (κ3) is 1.27. The minimum atomic E-state index is -0.0153. The number of amides is 3. The van der Waals surface area contributed by atoms with Gasteiger partial charge in [-0.05, 0) is 32.1 Å². The van der Waals surface area contributed by atoms with Crippen molar-refractivity contribution in [3.63, 3.8) is 0 Å². The summed E-state index contributed by atoms with van der Waals surface area (Å²) >= 11 is 0. The molecule has 0 N–H and O–H groups in total. The lowest BCUT2D eigenvalue weighted by molar-refractivity contribution is -0.135. The Kier molecular flexibility index (Phi) is 1.97. The average Bonchev–Trinajstić information content (AvgIpc) is 2.56. The fraction of sp³-hybridized carbons (Fsp3) is 0.818. The average molecular weight is 208 g/mol. The van der Waals surface area contributed by atoms with E-state index in [1.54, 1.807) is 0 Å². The van der Waals surface area contributed by atoms with E-state index in [-0.39, 0.29) is 24.0 Å². The van der Waals surface area contributed by atoms with Crippen LogP contribution in [0.25, 0.3) is 0 Å². The Morgan fingerprint density at radius 1 is 1.00 bits per heavy atom. The van der Waals surface area contributed by atoms with Gasteiger partial charge in [0.25, 0.3) is 0 Å². The molecule has 3 aliphatic rings. The number of imide groups is 1. The first kappa shape index (κ1) is 9.19. The molecule has 3 fully saturated rings. The Morgan fingerprint density at radius 2 is 1.73 bits per heavy atom. The molecule has 3 rings (SSSR count). The zero-order chi connectivity index (χ0) is 10.4. The van der Waals surface area contributed by atoms with Gasteiger partial charge in [0.1, 0.15) is 0 Å². The SMILES string of the molecule is O=C1CC2CCCN2C(=O)N1C1CCC1. The summed E-state index contributed by atoms with van der Waals surface area (Å²) in [6, 6.07) is 0.409. The molecule has 0 aromatic rings. The molecule has 1 unspecified atom stereocenters. The fourth-order valence-electron chi connectivity index (χ4n) is 2.85. The Morgan fingerprint density at radius 3 is 2.40 bits per heavy atom. The van der Waals surface area contributed by atoms with Crippen molar-refractivity contribution < 1.29 is 9.59 Å². The minimum Gasteiger partial charge on any atom is -0.321 e. The van der Waals surface area contributed by atoms with Crippen LogP contribution >= 0.6 is 0 Å². The van der Waals surface area contributed by atoms with Gasteiger partial charge >= 0.3 is 6.03 Å². The van der Waals surface area contributed by atoms with Gasteiger partial charge in [-0.2, -0.15) is 0 Å². The summed E-state index contributed by atoms with van der Waals surface area (Å²) in [7, 11) is 0. The van der Waals surface area contributed by atoms with E-state index < -0.39 is 0 Å². The molecule has 3 amide bonds. The van der Waals surface area contributed by atoms with Crippen LogP contribution in [0.4, 0.5) is 4.79 Å². The van der Waals surface area contributed by atoms with Crippen LogP contribution in [0.15, 0.2) is 0 Å². The van der Waals surface area contributed by atoms with E-state index in [0.29, 0.717) is 6.42 Å². The first-order valence-electron chi connectivity index (χ1n) is 5.90. The zero-order valence-electron chi connectivity index (χ0n) is 8.82. The van der Waals surface area contributed by atoms with Crippen LogP contribution in [-0.4, -0.2) is 40.4 Å². The third-order valence-electron chi connectivity index (χ3n) is 3.95. The van der Waals surface area contributed by atoms with E-state index >= 15 is 0 Å². The van der Waals surface area contributed by atoms with Crippen molar-refractivity contribution in [3.8, 4) is 0 Å². The molecule has 0 radical (unpaired) electrons. The number of carbonyl (C=O) groups is 2. The minimum absolute atomic E-state index is 0.0153. The maximum atomic E-state index is 12.1. The fourth-order valence-corrected chi connectivity index (χ4v) is 2.85. The predicted octanol–water partition coefficient (Wildman–Crippen LogP) is 1.36. The number of hydrogen-bond donors (Lipinski definition) is 0. The number of nitrogens with zero attached hydrogens (tertiary/aromatic N) is 2. The van der Waals surface area contributed by atoms with E-state index in [9.17, 15) is 9.59 Å². The van der Waals surface area contributed by atoms with Gasteiger partial charge in [-0.1, -0.05) is 0 Å². The summed E-state index contributed by atoms with van der Waals surface area (Å²) in [6.07, 6.45) is 5.80. The van der Waals surface area contributed by atoms with Gasteiger partial charge in [-0.15, -0.1) is 0 Å². The highest BCUT2D eigenvalue weighted by Gasteiger charge is 2.44. The summed E-state index contributed by atoms with van der Waals surface area (Å²) in [6.45, 7) is 0.847. The van der Waals surface area contributed by atoms with Crippen molar-refractivity contribution in [2.45, 2.75) is 50.6 Å². The van der Waals surface area contributed by atoms with Crippen LogP contribution in [0.5, 0.6) is 0 Å². The Labute approximate surface area is 89.2 Å². The highest BCUT2D eigenvalue weighted by molar-refractivity contribution is 5.98. The van der Waals surface area contributed by atoms with Crippen molar-refractivity contribution in [2.75, 3.05) is 6.54 Å². The summed E-state index contributed by atoms with van der Waals surface area (Å²) in [5.74, 6) is 0.0628. The third-order valence-corrected chi connectivity index (χ3v) is 3.95. The molecule has 1 aliphatic carbocycles. The van der Waals surface area contributed by atoms with Crippen LogP contribution in [0.2, 0.25) is 0 Å². The number of fused-ring (bicyclic) bond motifs is 1. The maximum Gasteiger partial charge on any atom is 0.327 e. The normalized spacial score (nSPS) is 31.9. The topological polar surface area (TPSA) is 40.6 Å². The maximum absolute atomic E-state index is 12.1. The van der Waals surface area contributed by atoms with Crippen LogP contribution in [0.3, 0.4) is 0 Å². The predicted molar refractivity (Wildman–Crippen MR) is 54.2 cm³/mol. The molecular weight excluding hydrogens is 192 g/mol. The lowest BCUT2D eigenvalue weighted by Crippen LogP contribution is -2.59. The molecule has 0 aromatic carbocycles. The summed E-state index contributed by atoms with van der Waals surface area (Å²) in [4.78, 5) is 27.4. The first-order valence-corrected chi connectivity index (χ1v) is 5.90. The molecule has 2 aliphatic heterocycles. The summed E-state index contributed by atoms with van der Waals surface area (Å²) in [5, 5.41) is 0. The van der Waals surface area contributed by atoms with Gasteiger partial charge < -0.3 is 4.90 Å². The Bertz CT molecular complexity index is 312. The quantitative estimate of drug-likeness (QED) is 0.652. The van der Waals surface area contributed by atoms with Crippen molar-refractivity contribution in [3.05, 3.63) is 0 Å². The molecule has 2 heterocycles. The van der Waals surface area contributed by atoms with E-state index in [1.165, 1.54) is 4.90 Å². The lowest BCUT2D eigenvalue weighted by Gasteiger charge is -2.43. The van der Waals surface area contributed by atoms with Crippen LogP contribution < -0.4 is 0 Å². The van der Waals surface area contributed by atoms with Crippen LogP contribution in [0, 0.1) is 0 Å². The van der Waals surface area contributed by atoms with Crippen molar-refractivity contribution in [1.29, 1.82) is 0 Å². The van der Waals surface area contributed by atoms with Gasteiger partial charge in [-0.25, -0.2) is 4.79 Å². The molecule has 15 heavy (non-hydrogen) atoms. The van der Waals surface area contributed by atoms with Gasteiger partial charge in [-0.3, -0.25) is 9.69 Å². The monoisotopic (exact) mass is 208 g/mol. The van der Waals surface area contributed by atoms with E-state index in [4.69, 9.17) is 0 Å². The number of carbonyl (C=O) groups excluding carboxylic acids is 2. The first-order chi connectivity index (χ1) is 7.27. The molecule has 2 saturated heterocycles. The Balaban J connectivity index is 1.82. The second kappa shape index (κ2) is 3.22. The van der Waals surface area contributed by atoms with Crippen molar-refractivity contribution in [1.82, 2.24) is 9.80 Å². The van der Waals surface area contributed by atoms with E-state index in [0.717, 1.165) is 38.6 Å². The molecule has 4 nitrogen and oxygen atoms in total. The van der Waals surface area contributed by atoms with Crippen molar-refractivity contribution >= 4 is 11.9 Å². The van der Waals surface area contributed by atoms with Crippen LogP contribution in [-0.2, 0) is 4.79 Å².